The van der Waals surface area contributed by atoms with Crippen LogP contribution >= 0.6 is 35.0 Å². The van der Waals surface area contributed by atoms with Crippen LogP contribution in [0.4, 0.5) is 0 Å². The van der Waals surface area contributed by atoms with E-state index >= 15 is 0 Å². The van der Waals surface area contributed by atoms with Gasteiger partial charge in [-0.15, -0.1) is 11.8 Å². The maximum atomic E-state index is 6.03. The summed E-state index contributed by atoms with van der Waals surface area (Å²) in [6.07, 6.45) is 0. The van der Waals surface area contributed by atoms with Crippen molar-refractivity contribution >= 4 is 35.0 Å². The van der Waals surface area contributed by atoms with Crippen LogP contribution in [0.3, 0.4) is 0 Å². The van der Waals surface area contributed by atoms with Crippen molar-refractivity contribution in [1.29, 1.82) is 0 Å². The van der Waals surface area contributed by atoms with Crippen molar-refractivity contribution in [2.75, 3.05) is 19.3 Å². The summed E-state index contributed by atoms with van der Waals surface area (Å²) in [6.45, 7) is 4.78. The zero-order chi connectivity index (χ0) is 11.3. The molecule has 0 amide bonds. The van der Waals surface area contributed by atoms with E-state index in [1.807, 2.05) is 19.2 Å². The number of rotatable bonds is 5. The second-order valence-corrected chi connectivity index (χ2v) is 5.00. The van der Waals surface area contributed by atoms with Gasteiger partial charge in [0, 0.05) is 22.2 Å². The van der Waals surface area contributed by atoms with Crippen molar-refractivity contribution in [3.63, 3.8) is 0 Å². The minimum atomic E-state index is 0.709. The molecular weight excluding hydrogens is 249 g/mol. The van der Waals surface area contributed by atoms with Crippen LogP contribution in [-0.4, -0.2) is 19.3 Å². The molecule has 0 atom stereocenters. The SMILES string of the molecule is C=C(CNC)CSc1cc(Cl)ccc1Cl. The van der Waals surface area contributed by atoms with Gasteiger partial charge in [-0.1, -0.05) is 35.4 Å². The van der Waals surface area contributed by atoms with Crippen molar-refractivity contribution in [1.82, 2.24) is 5.32 Å². The largest absolute Gasteiger partial charge is 0.316 e. The van der Waals surface area contributed by atoms with Gasteiger partial charge in [0.25, 0.3) is 0 Å². The first-order valence-corrected chi connectivity index (χ1v) is 6.26. The molecule has 0 spiro atoms. The Kier molecular flexibility index (Phi) is 5.54. The molecule has 0 unspecified atom stereocenters. The fraction of sp³-hybridized carbons (Fsp3) is 0.273. The molecule has 0 radical (unpaired) electrons. The lowest BCUT2D eigenvalue weighted by molar-refractivity contribution is 0.885. The zero-order valence-electron chi connectivity index (χ0n) is 8.52. The summed E-state index contributed by atoms with van der Waals surface area (Å²) in [6, 6.07) is 5.48. The molecule has 1 rings (SSSR count). The van der Waals surface area contributed by atoms with Crippen LogP contribution in [0.5, 0.6) is 0 Å². The van der Waals surface area contributed by atoms with E-state index in [9.17, 15) is 0 Å². The normalized spacial score (nSPS) is 10.3. The summed E-state index contributed by atoms with van der Waals surface area (Å²) in [5.41, 5.74) is 1.14. The number of likely N-dealkylation sites (N-methyl/N-ethyl adjacent to an activating group) is 1. The number of benzene rings is 1. The van der Waals surface area contributed by atoms with Crippen molar-refractivity contribution < 1.29 is 0 Å². The minimum Gasteiger partial charge on any atom is -0.316 e. The molecule has 0 fully saturated rings. The summed E-state index contributed by atoms with van der Waals surface area (Å²) >= 11 is 13.6. The van der Waals surface area contributed by atoms with Crippen molar-refractivity contribution in [2.24, 2.45) is 0 Å². The van der Waals surface area contributed by atoms with E-state index in [1.54, 1.807) is 17.8 Å². The second kappa shape index (κ2) is 6.44. The molecule has 1 aromatic carbocycles. The van der Waals surface area contributed by atoms with Gasteiger partial charge in [-0.3, -0.25) is 0 Å². The van der Waals surface area contributed by atoms with Gasteiger partial charge in [0.05, 0.1) is 5.02 Å². The number of hydrogen-bond donors (Lipinski definition) is 1. The molecule has 15 heavy (non-hydrogen) atoms. The van der Waals surface area contributed by atoms with Gasteiger partial charge in [0.1, 0.15) is 0 Å². The van der Waals surface area contributed by atoms with Gasteiger partial charge < -0.3 is 5.32 Å². The van der Waals surface area contributed by atoms with Crippen molar-refractivity contribution in [3.05, 3.63) is 40.4 Å². The molecule has 4 heteroatoms. The van der Waals surface area contributed by atoms with Crippen LogP contribution in [0.1, 0.15) is 0 Å². The summed E-state index contributed by atoms with van der Waals surface area (Å²) < 4.78 is 0. The van der Waals surface area contributed by atoms with Gasteiger partial charge in [-0.25, -0.2) is 0 Å². The Morgan fingerprint density at radius 1 is 1.47 bits per heavy atom. The van der Waals surface area contributed by atoms with Crippen LogP contribution in [0.2, 0.25) is 10.0 Å². The summed E-state index contributed by atoms with van der Waals surface area (Å²) in [5, 5.41) is 4.50. The average Bonchev–Trinajstić information content (AvgIpc) is 2.20. The number of thioether (sulfide) groups is 1. The summed E-state index contributed by atoms with van der Waals surface area (Å²) in [5.74, 6) is 0.848. The lowest BCUT2D eigenvalue weighted by Crippen LogP contribution is -2.10. The molecule has 1 aromatic rings. The van der Waals surface area contributed by atoms with Crippen molar-refractivity contribution in [3.8, 4) is 0 Å². The molecule has 0 aromatic heterocycles. The Hall–Kier alpha value is -0.150. The van der Waals surface area contributed by atoms with Crippen LogP contribution in [-0.2, 0) is 0 Å². The lowest BCUT2D eigenvalue weighted by Gasteiger charge is -2.06. The minimum absolute atomic E-state index is 0.709. The highest BCUT2D eigenvalue weighted by atomic mass is 35.5. The van der Waals surface area contributed by atoms with Gasteiger partial charge in [-0.05, 0) is 25.2 Å². The van der Waals surface area contributed by atoms with Crippen LogP contribution in [0.15, 0.2) is 35.2 Å². The van der Waals surface area contributed by atoms with Crippen molar-refractivity contribution in [2.45, 2.75) is 4.90 Å². The second-order valence-electron chi connectivity index (χ2n) is 3.14. The van der Waals surface area contributed by atoms with Crippen LogP contribution in [0, 0.1) is 0 Å². The third kappa shape index (κ3) is 4.47. The van der Waals surface area contributed by atoms with Gasteiger partial charge in [0.2, 0.25) is 0 Å². The number of hydrogen-bond acceptors (Lipinski definition) is 2. The third-order valence-corrected chi connectivity index (χ3v) is 3.63. The summed E-state index contributed by atoms with van der Waals surface area (Å²) in [4.78, 5) is 1.00. The van der Waals surface area contributed by atoms with Gasteiger partial charge in [-0.2, -0.15) is 0 Å². The van der Waals surface area contributed by atoms with E-state index < -0.39 is 0 Å². The zero-order valence-corrected chi connectivity index (χ0v) is 10.8. The first-order valence-electron chi connectivity index (χ1n) is 4.52. The molecule has 1 nitrogen and oxygen atoms in total. The Morgan fingerprint density at radius 2 is 2.20 bits per heavy atom. The Bertz CT molecular complexity index is 352. The molecule has 0 saturated heterocycles. The first-order chi connectivity index (χ1) is 7.13. The molecular formula is C11H13Cl2NS. The van der Waals surface area contributed by atoms with E-state index in [2.05, 4.69) is 11.9 Å². The maximum Gasteiger partial charge on any atom is 0.0543 e. The Labute approximate surface area is 105 Å². The first kappa shape index (κ1) is 12.9. The standard InChI is InChI=1S/C11H13Cl2NS/c1-8(6-14-2)7-15-11-5-9(12)3-4-10(11)13/h3-5,14H,1,6-7H2,2H3. The highest BCUT2D eigenvalue weighted by Gasteiger charge is 2.02. The topological polar surface area (TPSA) is 12.0 Å². The quantitative estimate of drug-likeness (QED) is 0.638. The predicted octanol–water partition coefficient (Wildman–Crippen LogP) is 3.86. The van der Waals surface area contributed by atoms with E-state index in [4.69, 9.17) is 23.2 Å². The van der Waals surface area contributed by atoms with E-state index in [0.29, 0.717) is 5.02 Å². The highest BCUT2D eigenvalue weighted by Crippen LogP contribution is 2.30. The van der Waals surface area contributed by atoms with Gasteiger partial charge >= 0.3 is 0 Å². The Morgan fingerprint density at radius 3 is 2.87 bits per heavy atom. The van der Waals surface area contributed by atoms with E-state index in [1.165, 1.54) is 0 Å². The van der Waals surface area contributed by atoms with E-state index in [-0.39, 0.29) is 0 Å². The Balaban J connectivity index is 2.57. The molecule has 0 aliphatic rings. The number of halogens is 2. The molecule has 0 bridgehead atoms. The average molecular weight is 262 g/mol. The molecule has 0 aliphatic heterocycles. The molecule has 82 valence electrons. The predicted molar refractivity (Wildman–Crippen MR) is 70.3 cm³/mol. The molecule has 0 saturated carbocycles. The highest BCUT2D eigenvalue weighted by molar-refractivity contribution is 7.99. The molecule has 1 N–H and O–H groups in total. The number of nitrogens with one attached hydrogen (secondary N) is 1. The fourth-order valence-electron chi connectivity index (χ4n) is 1.07. The molecule has 0 heterocycles. The van der Waals surface area contributed by atoms with Crippen LogP contribution < -0.4 is 5.32 Å². The smallest absolute Gasteiger partial charge is 0.0543 e. The van der Waals surface area contributed by atoms with E-state index in [0.717, 1.165) is 27.8 Å². The lowest BCUT2D eigenvalue weighted by atomic mass is 10.3. The maximum absolute atomic E-state index is 6.03. The van der Waals surface area contributed by atoms with Gasteiger partial charge in [0.15, 0.2) is 0 Å². The fourth-order valence-corrected chi connectivity index (χ4v) is 2.46. The monoisotopic (exact) mass is 261 g/mol. The summed E-state index contributed by atoms with van der Waals surface area (Å²) in [7, 11) is 1.90. The third-order valence-electron chi connectivity index (χ3n) is 1.75. The van der Waals surface area contributed by atoms with Crippen LogP contribution in [0.25, 0.3) is 0 Å². The molecule has 0 aliphatic carbocycles.